The molecule has 0 aliphatic rings. The number of nitrogens with two attached hydrogens (primary N) is 1. The van der Waals surface area contributed by atoms with E-state index in [1.807, 2.05) is 13.0 Å². The molecule has 0 aromatic carbocycles. The highest BCUT2D eigenvalue weighted by Gasteiger charge is 2.12. The van der Waals surface area contributed by atoms with E-state index in [0.29, 0.717) is 0 Å². The third-order valence-electron chi connectivity index (χ3n) is 2.23. The van der Waals surface area contributed by atoms with Gasteiger partial charge in [0.05, 0.1) is 6.04 Å². The minimum Gasteiger partial charge on any atom is -0.347 e. The number of pyridine rings is 1. The molecule has 3 N–H and O–H groups in total. The quantitative estimate of drug-likeness (QED) is 0.743. The fourth-order valence-corrected chi connectivity index (χ4v) is 1.40. The maximum absolute atomic E-state index is 6.03. The van der Waals surface area contributed by atoms with E-state index >= 15 is 0 Å². The molecule has 0 amide bonds. The molecule has 1 unspecified atom stereocenters. The molecule has 0 aliphatic heterocycles. The van der Waals surface area contributed by atoms with Crippen LogP contribution >= 0.6 is 0 Å². The van der Waals surface area contributed by atoms with Crippen LogP contribution in [0.5, 0.6) is 0 Å². The van der Waals surface area contributed by atoms with Crippen LogP contribution in [-0.2, 0) is 0 Å². The molecule has 0 saturated carbocycles. The summed E-state index contributed by atoms with van der Waals surface area (Å²) in [7, 11) is 0. The maximum Gasteiger partial charge on any atom is 0.127 e. The van der Waals surface area contributed by atoms with Gasteiger partial charge in [0, 0.05) is 24.8 Å². The van der Waals surface area contributed by atoms with E-state index in [-0.39, 0.29) is 6.04 Å². The highest BCUT2D eigenvalue weighted by molar-refractivity contribution is 5.28. The molecule has 1 atom stereocenters. The Kier molecular flexibility index (Phi) is 2.28. The number of nitrogens with one attached hydrogen (secondary N) is 1. The molecule has 4 heteroatoms. The van der Waals surface area contributed by atoms with Crippen molar-refractivity contribution in [3.63, 3.8) is 0 Å². The molecule has 72 valence electrons. The predicted octanol–water partition coefficient (Wildman–Crippen LogP) is 1.16. The number of nitrogens with zero attached hydrogens (tertiary/aromatic N) is 2. The summed E-state index contributed by atoms with van der Waals surface area (Å²) in [5, 5.41) is 0. The molecular weight excluding hydrogens is 176 g/mol. The molecule has 0 radical (unpaired) electrons. The Morgan fingerprint density at radius 2 is 2.29 bits per heavy atom. The first-order valence-corrected chi connectivity index (χ1v) is 4.44. The van der Waals surface area contributed by atoms with Crippen molar-refractivity contribution in [2.24, 2.45) is 5.73 Å². The fourth-order valence-electron chi connectivity index (χ4n) is 1.40. The van der Waals surface area contributed by atoms with Gasteiger partial charge in [0.2, 0.25) is 0 Å². The van der Waals surface area contributed by atoms with Crippen LogP contribution in [0.25, 0.3) is 0 Å². The van der Waals surface area contributed by atoms with Gasteiger partial charge in [-0.25, -0.2) is 4.98 Å². The number of aromatic nitrogens is 3. The second kappa shape index (κ2) is 3.59. The summed E-state index contributed by atoms with van der Waals surface area (Å²) in [5.41, 5.74) is 8.16. The first-order chi connectivity index (χ1) is 6.79. The Morgan fingerprint density at radius 3 is 2.93 bits per heavy atom. The number of imidazole rings is 1. The highest BCUT2D eigenvalue weighted by Crippen LogP contribution is 2.18. The zero-order valence-electron chi connectivity index (χ0n) is 7.94. The fraction of sp³-hybridized carbons (Fsp3) is 0.200. The molecule has 2 aromatic heterocycles. The second-order valence-electron chi connectivity index (χ2n) is 3.18. The molecule has 0 aliphatic carbocycles. The van der Waals surface area contributed by atoms with Gasteiger partial charge in [-0.2, -0.15) is 0 Å². The van der Waals surface area contributed by atoms with Gasteiger partial charge in [-0.15, -0.1) is 0 Å². The van der Waals surface area contributed by atoms with Crippen LogP contribution < -0.4 is 5.73 Å². The van der Waals surface area contributed by atoms with Crippen molar-refractivity contribution < 1.29 is 0 Å². The van der Waals surface area contributed by atoms with E-state index in [0.717, 1.165) is 17.0 Å². The standard InChI is InChI=1S/C10H12N4/c1-7-2-3-12-6-8(7)9(11)10-13-4-5-14-10/h2-6,9H,11H2,1H3,(H,13,14). The third-order valence-corrected chi connectivity index (χ3v) is 2.23. The van der Waals surface area contributed by atoms with E-state index < -0.39 is 0 Å². The molecule has 14 heavy (non-hydrogen) atoms. The van der Waals surface area contributed by atoms with Crippen LogP contribution in [-0.4, -0.2) is 15.0 Å². The lowest BCUT2D eigenvalue weighted by molar-refractivity contribution is 0.788. The van der Waals surface area contributed by atoms with Gasteiger partial charge in [0.15, 0.2) is 0 Å². The van der Waals surface area contributed by atoms with E-state index in [2.05, 4.69) is 15.0 Å². The zero-order valence-corrected chi connectivity index (χ0v) is 7.94. The Balaban J connectivity index is 2.37. The van der Waals surface area contributed by atoms with Crippen LogP contribution in [0.1, 0.15) is 23.0 Å². The predicted molar refractivity (Wildman–Crippen MR) is 53.6 cm³/mol. The largest absolute Gasteiger partial charge is 0.347 e. The van der Waals surface area contributed by atoms with Gasteiger partial charge < -0.3 is 10.7 Å². The maximum atomic E-state index is 6.03. The zero-order chi connectivity index (χ0) is 9.97. The van der Waals surface area contributed by atoms with Gasteiger partial charge in [0.25, 0.3) is 0 Å². The molecule has 0 fully saturated rings. The van der Waals surface area contributed by atoms with Crippen molar-refractivity contribution in [2.75, 3.05) is 0 Å². The molecule has 2 heterocycles. The van der Waals surface area contributed by atoms with Crippen LogP contribution in [0.15, 0.2) is 30.9 Å². The lowest BCUT2D eigenvalue weighted by atomic mass is 10.0. The van der Waals surface area contributed by atoms with E-state index in [9.17, 15) is 0 Å². The van der Waals surface area contributed by atoms with Crippen LogP contribution in [0.3, 0.4) is 0 Å². The lowest BCUT2D eigenvalue weighted by Gasteiger charge is -2.10. The number of hydrogen-bond donors (Lipinski definition) is 2. The normalized spacial score (nSPS) is 12.7. The minimum absolute atomic E-state index is 0.223. The smallest absolute Gasteiger partial charge is 0.127 e. The van der Waals surface area contributed by atoms with Crippen molar-refractivity contribution in [1.29, 1.82) is 0 Å². The summed E-state index contributed by atoms with van der Waals surface area (Å²) in [6, 6.07) is 1.72. The number of aromatic amines is 1. The Morgan fingerprint density at radius 1 is 1.43 bits per heavy atom. The van der Waals surface area contributed by atoms with Crippen LogP contribution in [0, 0.1) is 6.92 Å². The summed E-state index contributed by atoms with van der Waals surface area (Å²) in [6.07, 6.45) is 7.00. The molecule has 4 nitrogen and oxygen atoms in total. The SMILES string of the molecule is Cc1ccncc1C(N)c1ncc[nH]1. The van der Waals surface area contributed by atoms with Crippen LogP contribution in [0.2, 0.25) is 0 Å². The molecular formula is C10H12N4. The average molecular weight is 188 g/mol. The summed E-state index contributed by atoms with van der Waals surface area (Å²) < 4.78 is 0. The Labute approximate surface area is 82.2 Å². The van der Waals surface area contributed by atoms with Gasteiger partial charge >= 0.3 is 0 Å². The first kappa shape index (κ1) is 8.90. The number of hydrogen-bond acceptors (Lipinski definition) is 3. The Hall–Kier alpha value is -1.68. The second-order valence-corrected chi connectivity index (χ2v) is 3.18. The van der Waals surface area contributed by atoms with Crippen molar-refractivity contribution in [3.8, 4) is 0 Å². The number of rotatable bonds is 2. The molecule has 0 bridgehead atoms. The van der Waals surface area contributed by atoms with Gasteiger partial charge in [-0.1, -0.05) is 0 Å². The van der Waals surface area contributed by atoms with E-state index in [1.54, 1.807) is 24.8 Å². The van der Waals surface area contributed by atoms with E-state index in [1.165, 1.54) is 0 Å². The number of H-pyrrole nitrogens is 1. The number of aryl methyl sites for hydroxylation is 1. The third kappa shape index (κ3) is 1.52. The van der Waals surface area contributed by atoms with Crippen molar-refractivity contribution in [3.05, 3.63) is 47.8 Å². The first-order valence-electron chi connectivity index (χ1n) is 4.44. The van der Waals surface area contributed by atoms with Crippen LogP contribution in [0.4, 0.5) is 0 Å². The van der Waals surface area contributed by atoms with Crippen molar-refractivity contribution >= 4 is 0 Å². The monoisotopic (exact) mass is 188 g/mol. The topological polar surface area (TPSA) is 67.6 Å². The molecule has 0 spiro atoms. The molecule has 0 saturated heterocycles. The molecule has 2 aromatic rings. The minimum atomic E-state index is -0.223. The van der Waals surface area contributed by atoms with Gasteiger partial charge in [-0.3, -0.25) is 4.98 Å². The lowest BCUT2D eigenvalue weighted by Crippen LogP contribution is -2.15. The van der Waals surface area contributed by atoms with Crippen molar-refractivity contribution in [1.82, 2.24) is 15.0 Å². The van der Waals surface area contributed by atoms with Gasteiger partial charge in [0.1, 0.15) is 5.82 Å². The Bertz CT molecular complexity index is 408. The van der Waals surface area contributed by atoms with Crippen molar-refractivity contribution in [2.45, 2.75) is 13.0 Å². The highest BCUT2D eigenvalue weighted by atomic mass is 14.9. The average Bonchev–Trinajstić information content (AvgIpc) is 2.70. The van der Waals surface area contributed by atoms with E-state index in [4.69, 9.17) is 5.73 Å². The summed E-state index contributed by atoms with van der Waals surface area (Å²) in [6.45, 7) is 2.01. The summed E-state index contributed by atoms with van der Waals surface area (Å²) >= 11 is 0. The molecule has 2 rings (SSSR count). The summed E-state index contributed by atoms with van der Waals surface area (Å²) in [5.74, 6) is 0.765. The van der Waals surface area contributed by atoms with Gasteiger partial charge in [-0.05, 0) is 24.1 Å². The summed E-state index contributed by atoms with van der Waals surface area (Å²) in [4.78, 5) is 11.2.